The van der Waals surface area contributed by atoms with Crippen LogP contribution in [0.1, 0.15) is 23.2 Å². The Balaban J connectivity index is 1.61. The summed E-state index contributed by atoms with van der Waals surface area (Å²) in [5.41, 5.74) is 0.112. The molecule has 20 heavy (non-hydrogen) atoms. The van der Waals surface area contributed by atoms with E-state index in [1.807, 2.05) is 0 Å². The highest BCUT2D eigenvalue weighted by Gasteiger charge is 2.11. The maximum Gasteiger partial charge on any atom is 0.254 e. The largest absolute Gasteiger partial charge is 0.379 e. The van der Waals surface area contributed by atoms with Gasteiger partial charge in [-0.05, 0) is 31.5 Å². The lowest BCUT2D eigenvalue weighted by atomic mass is 10.2. The van der Waals surface area contributed by atoms with Crippen molar-refractivity contribution in [1.82, 2.24) is 10.2 Å². The van der Waals surface area contributed by atoms with Gasteiger partial charge < -0.3 is 10.1 Å². The fraction of sp³-hybridized carbons (Fsp3) is 0.533. The molecule has 1 aliphatic rings. The average Bonchev–Trinajstić information content (AvgIpc) is 2.48. The molecule has 1 aliphatic heterocycles. The number of benzene rings is 1. The van der Waals surface area contributed by atoms with Gasteiger partial charge in [0.15, 0.2) is 0 Å². The maximum absolute atomic E-state index is 13.4. The molecule has 0 unspecified atom stereocenters. The van der Waals surface area contributed by atoms with Gasteiger partial charge in [-0.1, -0.05) is 12.1 Å². The summed E-state index contributed by atoms with van der Waals surface area (Å²) in [5, 5.41) is 2.76. The first-order chi connectivity index (χ1) is 9.77. The summed E-state index contributed by atoms with van der Waals surface area (Å²) in [7, 11) is 0. The molecular formula is C15H21FN2O2. The molecule has 1 amide bonds. The molecule has 5 heteroatoms. The summed E-state index contributed by atoms with van der Waals surface area (Å²) in [4.78, 5) is 14.1. The highest BCUT2D eigenvalue weighted by molar-refractivity contribution is 5.94. The molecule has 1 fully saturated rings. The topological polar surface area (TPSA) is 41.6 Å². The predicted octanol–water partition coefficient (Wildman–Crippen LogP) is 1.67. The van der Waals surface area contributed by atoms with E-state index in [9.17, 15) is 9.18 Å². The Kier molecular flexibility index (Phi) is 5.95. The summed E-state index contributed by atoms with van der Waals surface area (Å²) >= 11 is 0. The van der Waals surface area contributed by atoms with E-state index in [-0.39, 0.29) is 11.5 Å². The molecule has 0 aromatic heterocycles. The van der Waals surface area contributed by atoms with E-state index in [0.29, 0.717) is 6.54 Å². The number of hydrogen-bond acceptors (Lipinski definition) is 3. The van der Waals surface area contributed by atoms with E-state index >= 15 is 0 Å². The number of carbonyl (C=O) groups is 1. The fourth-order valence-electron chi connectivity index (χ4n) is 2.23. The van der Waals surface area contributed by atoms with Crippen LogP contribution in [0.4, 0.5) is 4.39 Å². The molecule has 1 aromatic carbocycles. The number of rotatable bonds is 6. The van der Waals surface area contributed by atoms with Gasteiger partial charge in [-0.3, -0.25) is 9.69 Å². The van der Waals surface area contributed by atoms with Crippen molar-refractivity contribution in [2.24, 2.45) is 0 Å². The average molecular weight is 280 g/mol. The second-order valence-corrected chi connectivity index (χ2v) is 4.90. The van der Waals surface area contributed by atoms with Crippen molar-refractivity contribution in [3.8, 4) is 0 Å². The molecule has 1 aromatic rings. The number of amides is 1. The zero-order valence-electron chi connectivity index (χ0n) is 11.6. The number of morpholine rings is 1. The summed E-state index contributed by atoms with van der Waals surface area (Å²) in [5.74, 6) is -0.812. The summed E-state index contributed by atoms with van der Waals surface area (Å²) in [6.45, 7) is 5.20. The molecular weight excluding hydrogens is 259 g/mol. The lowest BCUT2D eigenvalue weighted by molar-refractivity contribution is 0.0372. The van der Waals surface area contributed by atoms with Gasteiger partial charge in [0.1, 0.15) is 5.82 Å². The molecule has 2 rings (SSSR count). The molecule has 0 radical (unpaired) electrons. The van der Waals surface area contributed by atoms with Crippen LogP contribution in [-0.2, 0) is 4.74 Å². The van der Waals surface area contributed by atoms with Crippen molar-refractivity contribution >= 4 is 5.91 Å². The van der Waals surface area contributed by atoms with Crippen molar-refractivity contribution in [1.29, 1.82) is 0 Å². The van der Waals surface area contributed by atoms with Gasteiger partial charge in [0.25, 0.3) is 5.91 Å². The van der Waals surface area contributed by atoms with Gasteiger partial charge in [-0.25, -0.2) is 4.39 Å². The summed E-state index contributed by atoms with van der Waals surface area (Å²) in [6.07, 6.45) is 1.93. The normalized spacial score (nSPS) is 16.1. The van der Waals surface area contributed by atoms with Crippen LogP contribution in [0.25, 0.3) is 0 Å². The van der Waals surface area contributed by atoms with E-state index in [0.717, 1.165) is 45.7 Å². The van der Waals surface area contributed by atoms with Gasteiger partial charge in [0, 0.05) is 19.6 Å². The van der Waals surface area contributed by atoms with Crippen LogP contribution in [0.3, 0.4) is 0 Å². The number of nitrogens with one attached hydrogen (secondary N) is 1. The minimum atomic E-state index is -0.474. The third-order valence-corrected chi connectivity index (χ3v) is 3.41. The van der Waals surface area contributed by atoms with Gasteiger partial charge in [-0.2, -0.15) is 0 Å². The smallest absolute Gasteiger partial charge is 0.254 e. The van der Waals surface area contributed by atoms with Crippen molar-refractivity contribution in [3.05, 3.63) is 35.6 Å². The van der Waals surface area contributed by atoms with E-state index in [2.05, 4.69) is 10.2 Å². The van der Waals surface area contributed by atoms with Crippen LogP contribution < -0.4 is 5.32 Å². The predicted molar refractivity (Wildman–Crippen MR) is 75.2 cm³/mol. The van der Waals surface area contributed by atoms with E-state index in [1.54, 1.807) is 12.1 Å². The standard InChI is InChI=1S/C15H21FN2O2/c16-14-6-2-1-5-13(14)15(19)17-7-3-4-8-18-9-11-20-12-10-18/h1-2,5-6H,3-4,7-12H2,(H,17,19). The Hall–Kier alpha value is -1.46. The first kappa shape index (κ1) is 14.9. The quantitative estimate of drug-likeness (QED) is 0.806. The van der Waals surface area contributed by atoms with Gasteiger partial charge in [0.2, 0.25) is 0 Å². The summed E-state index contributed by atoms with van der Waals surface area (Å²) in [6, 6.07) is 6.04. The molecule has 0 bridgehead atoms. The van der Waals surface area contributed by atoms with Crippen LogP contribution in [0.2, 0.25) is 0 Å². The molecule has 1 N–H and O–H groups in total. The molecule has 110 valence electrons. The minimum Gasteiger partial charge on any atom is -0.379 e. The second-order valence-electron chi connectivity index (χ2n) is 4.90. The molecule has 0 spiro atoms. The molecule has 4 nitrogen and oxygen atoms in total. The van der Waals surface area contributed by atoms with E-state index in [4.69, 9.17) is 4.74 Å². The number of halogens is 1. The maximum atomic E-state index is 13.4. The number of nitrogens with zero attached hydrogens (tertiary/aromatic N) is 1. The Labute approximate surface area is 118 Å². The lowest BCUT2D eigenvalue weighted by Crippen LogP contribution is -2.37. The number of unbranched alkanes of at least 4 members (excludes halogenated alkanes) is 1. The number of carbonyl (C=O) groups excluding carboxylic acids is 1. The SMILES string of the molecule is O=C(NCCCCN1CCOCC1)c1ccccc1F. The van der Waals surface area contributed by atoms with Crippen LogP contribution in [-0.4, -0.2) is 50.2 Å². The fourth-order valence-corrected chi connectivity index (χ4v) is 2.23. The Bertz CT molecular complexity index is 434. The molecule has 1 saturated heterocycles. The van der Waals surface area contributed by atoms with Crippen molar-refractivity contribution < 1.29 is 13.9 Å². The van der Waals surface area contributed by atoms with Gasteiger partial charge in [0.05, 0.1) is 18.8 Å². The van der Waals surface area contributed by atoms with E-state index in [1.165, 1.54) is 12.1 Å². The molecule has 0 saturated carbocycles. The van der Waals surface area contributed by atoms with Crippen LogP contribution >= 0.6 is 0 Å². The first-order valence-electron chi connectivity index (χ1n) is 7.10. The van der Waals surface area contributed by atoms with Crippen LogP contribution in [0, 0.1) is 5.82 Å². The van der Waals surface area contributed by atoms with Gasteiger partial charge in [-0.15, -0.1) is 0 Å². The Morgan fingerprint density at radius 2 is 2.00 bits per heavy atom. The zero-order valence-corrected chi connectivity index (χ0v) is 11.6. The highest BCUT2D eigenvalue weighted by Crippen LogP contribution is 2.06. The molecule has 0 aliphatic carbocycles. The highest BCUT2D eigenvalue weighted by atomic mass is 19.1. The zero-order chi connectivity index (χ0) is 14.2. The lowest BCUT2D eigenvalue weighted by Gasteiger charge is -2.26. The molecule has 1 heterocycles. The van der Waals surface area contributed by atoms with Crippen molar-refractivity contribution in [3.63, 3.8) is 0 Å². The van der Waals surface area contributed by atoms with E-state index < -0.39 is 5.82 Å². The van der Waals surface area contributed by atoms with Crippen molar-refractivity contribution in [2.45, 2.75) is 12.8 Å². The monoisotopic (exact) mass is 280 g/mol. The van der Waals surface area contributed by atoms with Gasteiger partial charge >= 0.3 is 0 Å². The van der Waals surface area contributed by atoms with Crippen molar-refractivity contribution in [2.75, 3.05) is 39.4 Å². The third kappa shape index (κ3) is 4.58. The Morgan fingerprint density at radius 3 is 2.75 bits per heavy atom. The second kappa shape index (κ2) is 7.97. The number of hydrogen-bond donors (Lipinski definition) is 1. The van der Waals surface area contributed by atoms with Crippen LogP contribution in [0.5, 0.6) is 0 Å². The minimum absolute atomic E-state index is 0.112. The Morgan fingerprint density at radius 1 is 1.25 bits per heavy atom. The first-order valence-corrected chi connectivity index (χ1v) is 7.10. The molecule has 0 atom stereocenters. The summed E-state index contributed by atoms with van der Waals surface area (Å²) < 4.78 is 18.7. The van der Waals surface area contributed by atoms with Crippen LogP contribution in [0.15, 0.2) is 24.3 Å². The number of ether oxygens (including phenoxy) is 1. The third-order valence-electron chi connectivity index (χ3n) is 3.41.